The van der Waals surface area contributed by atoms with E-state index < -0.39 is 0 Å². The lowest BCUT2D eigenvalue weighted by Gasteiger charge is -2.19. The van der Waals surface area contributed by atoms with Crippen molar-refractivity contribution in [3.63, 3.8) is 0 Å². The summed E-state index contributed by atoms with van der Waals surface area (Å²) < 4.78 is 5.23. The van der Waals surface area contributed by atoms with E-state index in [2.05, 4.69) is 6.92 Å². The molecular formula is C27H50O4. The average Bonchev–Trinajstić information content (AvgIpc) is 2.75. The van der Waals surface area contributed by atoms with E-state index in [-0.39, 0.29) is 24.3 Å². The Balaban J connectivity index is 1.83. The molecule has 4 nitrogen and oxygen atoms in total. The largest absolute Gasteiger partial charge is 0.459 e. The number of cyclic esters (lactones) is 1. The quantitative estimate of drug-likeness (QED) is 0.149. The van der Waals surface area contributed by atoms with Gasteiger partial charge in [0.2, 0.25) is 0 Å². The highest BCUT2D eigenvalue weighted by Gasteiger charge is 2.16. The molecule has 0 radical (unpaired) electrons. The highest BCUT2D eigenvalue weighted by atomic mass is 16.5. The number of esters is 1. The van der Waals surface area contributed by atoms with Crippen LogP contribution in [-0.4, -0.2) is 34.5 Å². The van der Waals surface area contributed by atoms with Gasteiger partial charge in [0.25, 0.3) is 0 Å². The first-order valence-electron chi connectivity index (χ1n) is 13.3. The molecule has 1 heterocycles. The van der Waals surface area contributed by atoms with Crippen LogP contribution in [-0.2, 0) is 9.53 Å². The van der Waals surface area contributed by atoms with Gasteiger partial charge in [-0.15, -0.1) is 0 Å². The van der Waals surface area contributed by atoms with Crippen molar-refractivity contribution in [3.05, 3.63) is 12.2 Å². The predicted octanol–water partition coefficient (Wildman–Crippen LogP) is 7.01. The number of aliphatic hydroxyl groups is 2. The minimum absolute atomic E-state index is 0.0363. The third-order valence-electron chi connectivity index (χ3n) is 6.47. The fourth-order valence-corrected chi connectivity index (χ4v) is 4.40. The van der Waals surface area contributed by atoms with Crippen molar-refractivity contribution in [2.24, 2.45) is 0 Å². The lowest BCUT2D eigenvalue weighted by molar-refractivity contribution is -0.144. The van der Waals surface area contributed by atoms with Gasteiger partial charge in [0.1, 0.15) is 6.10 Å². The number of aliphatic hydroxyl groups excluding tert-OH is 2. The first-order valence-corrected chi connectivity index (χ1v) is 13.3. The molecule has 0 saturated carbocycles. The summed E-state index contributed by atoms with van der Waals surface area (Å²) in [5, 5.41) is 20.3. The minimum atomic E-state index is -0.365. The summed E-state index contributed by atoms with van der Waals surface area (Å²) in [4.78, 5) is 11.2. The molecule has 0 aromatic carbocycles. The molecule has 3 atom stereocenters. The van der Waals surface area contributed by atoms with Crippen LogP contribution in [0.15, 0.2) is 12.2 Å². The van der Waals surface area contributed by atoms with Crippen LogP contribution in [0, 0.1) is 0 Å². The van der Waals surface area contributed by atoms with Crippen LogP contribution in [0.2, 0.25) is 0 Å². The van der Waals surface area contributed by atoms with Gasteiger partial charge >= 0.3 is 5.97 Å². The summed E-state index contributed by atoms with van der Waals surface area (Å²) in [6, 6.07) is 0. The Morgan fingerprint density at radius 2 is 1.26 bits per heavy atom. The predicted molar refractivity (Wildman–Crippen MR) is 129 cm³/mol. The maximum Gasteiger partial charge on any atom is 0.330 e. The smallest absolute Gasteiger partial charge is 0.330 e. The van der Waals surface area contributed by atoms with Crippen LogP contribution >= 0.6 is 0 Å². The molecular weight excluding hydrogens is 388 g/mol. The van der Waals surface area contributed by atoms with Gasteiger partial charge in [0.05, 0.1) is 12.2 Å². The zero-order valence-corrected chi connectivity index (χ0v) is 20.2. The van der Waals surface area contributed by atoms with Crippen LogP contribution < -0.4 is 0 Å². The van der Waals surface area contributed by atoms with Gasteiger partial charge < -0.3 is 14.9 Å². The molecule has 182 valence electrons. The van der Waals surface area contributed by atoms with Crippen LogP contribution in [0.25, 0.3) is 0 Å². The van der Waals surface area contributed by atoms with E-state index in [0.29, 0.717) is 19.3 Å². The maximum atomic E-state index is 11.2. The first-order chi connectivity index (χ1) is 15.1. The molecule has 0 unspecified atom stereocenters. The second-order valence-corrected chi connectivity index (χ2v) is 9.54. The lowest BCUT2D eigenvalue weighted by Crippen LogP contribution is -2.20. The van der Waals surface area contributed by atoms with Crippen LogP contribution in [0.3, 0.4) is 0 Å². The topological polar surface area (TPSA) is 66.8 Å². The second kappa shape index (κ2) is 19.8. The normalized spacial score (nSPS) is 18.2. The average molecular weight is 439 g/mol. The number of ether oxygens (including phenoxy) is 1. The zero-order valence-electron chi connectivity index (χ0n) is 20.2. The van der Waals surface area contributed by atoms with Gasteiger partial charge in [0.15, 0.2) is 0 Å². The van der Waals surface area contributed by atoms with Crippen LogP contribution in [0.5, 0.6) is 0 Å². The van der Waals surface area contributed by atoms with Crippen molar-refractivity contribution in [2.45, 2.75) is 154 Å². The van der Waals surface area contributed by atoms with E-state index in [9.17, 15) is 15.0 Å². The summed E-state index contributed by atoms with van der Waals surface area (Å²) in [5.41, 5.74) is 0. The Morgan fingerprint density at radius 3 is 1.77 bits per heavy atom. The SMILES string of the molecule is CCCCCCCCCCCCCCC[C@H](O)CC[C@@H](O)CCC[C@H]1CC=CC(=O)O1. The molecule has 1 aliphatic rings. The van der Waals surface area contributed by atoms with Gasteiger partial charge in [-0.3, -0.25) is 0 Å². The van der Waals surface area contributed by atoms with Crippen molar-refractivity contribution in [2.75, 3.05) is 0 Å². The number of carbonyl (C=O) groups is 1. The third-order valence-corrected chi connectivity index (χ3v) is 6.47. The standard InChI is InChI=1S/C27H50O4/c1-2-3-4-5-6-7-8-9-10-11-12-13-14-17-24(28)22-23-25(29)18-15-19-26-20-16-21-27(30)31-26/h16,21,24-26,28-29H,2-15,17-20,22-23H2,1H3/t24-,25-,26-/m0/s1. The van der Waals surface area contributed by atoms with Gasteiger partial charge in [-0.1, -0.05) is 96.5 Å². The second-order valence-electron chi connectivity index (χ2n) is 9.54. The summed E-state index contributed by atoms with van der Waals surface area (Å²) in [6.07, 6.45) is 25.4. The summed E-state index contributed by atoms with van der Waals surface area (Å²) in [7, 11) is 0. The molecule has 0 bridgehead atoms. The first kappa shape index (κ1) is 28.2. The van der Waals surface area contributed by atoms with Gasteiger partial charge in [-0.2, -0.15) is 0 Å². The van der Waals surface area contributed by atoms with Gasteiger partial charge in [0, 0.05) is 12.5 Å². The minimum Gasteiger partial charge on any atom is -0.459 e. The molecule has 31 heavy (non-hydrogen) atoms. The molecule has 0 saturated heterocycles. The molecule has 0 aromatic rings. The molecule has 0 fully saturated rings. The molecule has 0 aliphatic carbocycles. The van der Waals surface area contributed by atoms with Crippen molar-refractivity contribution in [3.8, 4) is 0 Å². The Hall–Kier alpha value is -0.870. The van der Waals surface area contributed by atoms with E-state index in [0.717, 1.165) is 32.1 Å². The number of hydrogen-bond acceptors (Lipinski definition) is 4. The third kappa shape index (κ3) is 17.4. The number of carbonyl (C=O) groups excluding carboxylic acids is 1. The van der Waals surface area contributed by atoms with Crippen molar-refractivity contribution >= 4 is 5.97 Å². The van der Waals surface area contributed by atoms with Crippen molar-refractivity contribution < 1.29 is 19.7 Å². The zero-order chi connectivity index (χ0) is 22.6. The lowest BCUT2D eigenvalue weighted by atomic mass is 9.99. The summed E-state index contributed by atoms with van der Waals surface area (Å²) in [6.45, 7) is 2.27. The fourth-order valence-electron chi connectivity index (χ4n) is 4.40. The monoisotopic (exact) mass is 438 g/mol. The molecule has 0 spiro atoms. The van der Waals surface area contributed by atoms with E-state index in [1.165, 1.54) is 83.1 Å². The van der Waals surface area contributed by atoms with Crippen LogP contribution in [0.4, 0.5) is 0 Å². The fraction of sp³-hybridized carbons (Fsp3) is 0.889. The van der Waals surface area contributed by atoms with E-state index in [4.69, 9.17) is 4.74 Å². The molecule has 1 rings (SSSR count). The Bertz CT molecular complexity index is 449. The highest BCUT2D eigenvalue weighted by Crippen LogP contribution is 2.18. The van der Waals surface area contributed by atoms with Crippen molar-refractivity contribution in [1.29, 1.82) is 0 Å². The molecule has 1 aliphatic heterocycles. The molecule has 0 amide bonds. The number of hydrogen-bond donors (Lipinski definition) is 2. The summed E-state index contributed by atoms with van der Waals surface area (Å²) >= 11 is 0. The Kier molecular flexibility index (Phi) is 18.0. The summed E-state index contributed by atoms with van der Waals surface area (Å²) in [5.74, 6) is -0.256. The Morgan fingerprint density at radius 1 is 0.774 bits per heavy atom. The molecule has 0 aromatic heterocycles. The number of unbranched alkanes of at least 4 members (excludes halogenated alkanes) is 12. The van der Waals surface area contributed by atoms with Gasteiger partial charge in [-0.05, 0) is 38.5 Å². The van der Waals surface area contributed by atoms with Gasteiger partial charge in [-0.25, -0.2) is 4.79 Å². The van der Waals surface area contributed by atoms with Crippen LogP contribution in [0.1, 0.15) is 135 Å². The van der Waals surface area contributed by atoms with Crippen molar-refractivity contribution in [1.82, 2.24) is 0 Å². The maximum absolute atomic E-state index is 11.2. The Labute approximate surface area is 191 Å². The van der Waals surface area contributed by atoms with E-state index in [1.54, 1.807) is 0 Å². The molecule has 4 heteroatoms. The molecule has 2 N–H and O–H groups in total. The highest BCUT2D eigenvalue weighted by molar-refractivity contribution is 5.82. The number of rotatable bonds is 21. The van der Waals surface area contributed by atoms with E-state index in [1.807, 2.05) is 6.08 Å². The van der Waals surface area contributed by atoms with E-state index >= 15 is 0 Å².